The third kappa shape index (κ3) is 5.71. The minimum atomic E-state index is -0.501. The molecule has 0 aliphatic heterocycles. The van der Waals surface area contributed by atoms with Crippen molar-refractivity contribution in [2.45, 2.75) is 11.8 Å². The molecule has 0 atom stereocenters. The lowest BCUT2D eigenvalue weighted by atomic mass is 10.2. The highest BCUT2D eigenvalue weighted by atomic mass is 32.2. The third-order valence-corrected chi connectivity index (χ3v) is 6.41. The Labute approximate surface area is 187 Å². The van der Waals surface area contributed by atoms with Crippen LogP contribution in [-0.2, 0) is 0 Å². The van der Waals surface area contributed by atoms with E-state index >= 15 is 0 Å². The van der Waals surface area contributed by atoms with Crippen LogP contribution in [0.25, 0.3) is 0 Å². The Balaban J connectivity index is 1.75. The molecular weight excluding hydrogens is 437 g/mol. The number of para-hydroxylation sites is 1. The van der Waals surface area contributed by atoms with Gasteiger partial charge in [0, 0.05) is 24.6 Å². The zero-order valence-electron chi connectivity index (χ0n) is 17.1. The Morgan fingerprint density at radius 2 is 1.71 bits per heavy atom. The van der Waals surface area contributed by atoms with E-state index in [1.165, 1.54) is 23.1 Å². The largest absolute Gasteiger partial charge is 0.339 e. The van der Waals surface area contributed by atoms with E-state index in [9.17, 15) is 18.8 Å². The molecule has 0 unspecified atom stereocenters. The van der Waals surface area contributed by atoms with Gasteiger partial charge in [-0.05, 0) is 60.6 Å². The number of halogens is 1. The maximum Gasteiger partial charge on any atom is 0.286 e. The van der Waals surface area contributed by atoms with E-state index in [4.69, 9.17) is 0 Å². The second-order valence-corrected chi connectivity index (χ2v) is 8.85. The van der Waals surface area contributed by atoms with E-state index in [0.29, 0.717) is 26.0 Å². The van der Waals surface area contributed by atoms with Crippen LogP contribution >= 0.6 is 23.1 Å². The van der Waals surface area contributed by atoms with Gasteiger partial charge >= 0.3 is 0 Å². The number of aryl methyl sites for hydroxylation is 1. The molecule has 0 spiro atoms. The predicted octanol–water partition coefficient (Wildman–Crippen LogP) is 5.47. The van der Waals surface area contributed by atoms with Crippen molar-refractivity contribution in [1.29, 1.82) is 0 Å². The molecule has 0 saturated carbocycles. The van der Waals surface area contributed by atoms with Gasteiger partial charge in [-0.3, -0.25) is 14.4 Å². The summed E-state index contributed by atoms with van der Waals surface area (Å²) in [5, 5.41) is 5.85. The van der Waals surface area contributed by atoms with Crippen molar-refractivity contribution >= 4 is 50.8 Å². The lowest BCUT2D eigenvalue weighted by Gasteiger charge is -2.13. The van der Waals surface area contributed by atoms with Gasteiger partial charge in [-0.25, -0.2) is 4.39 Å². The second-order valence-electron chi connectivity index (χ2n) is 6.80. The average Bonchev–Trinajstić information content (AvgIpc) is 3.09. The summed E-state index contributed by atoms with van der Waals surface area (Å²) in [6.07, 6.45) is 0. The van der Waals surface area contributed by atoms with E-state index < -0.39 is 11.7 Å². The number of benzene rings is 2. The van der Waals surface area contributed by atoms with Gasteiger partial charge in [0.25, 0.3) is 17.1 Å². The lowest BCUT2D eigenvalue weighted by molar-refractivity contribution is 0.101. The second kappa shape index (κ2) is 9.76. The van der Waals surface area contributed by atoms with Crippen LogP contribution in [0.2, 0.25) is 0 Å². The van der Waals surface area contributed by atoms with Crippen molar-refractivity contribution in [3.8, 4) is 0 Å². The summed E-state index contributed by atoms with van der Waals surface area (Å²) in [7, 11) is 3.32. The summed E-state index contributed by atoms with van der Waals surface area (Å²) in [5.41, 5.74) is 1.39. The quantitative estimate of drug-likeness (QED) is 0.498. The number of hydrogen-bond donors (Lipinski definition) is 2. The molecule has 31 heavy (non-hydrogen) atoms. The van der Waals surface area contributed by atoms with Gasteiger partial charge in [-0.15, -0.1) is 11.3 Å². The van der Waals surface area contributed by atoms with Crippen molar-refractivity contribution < 1.29 is 18.8 Å². The molecule has 0 bridgehead atoms. The summed E-state index contributed by atoms with van der Waals surface area (Å²) in [6, 6.07) is 14.1. The minimum Gasteiger partial charge on any atom is -0.339 e. The van der Waals surface area contributed by atoms with Gasteiger partial charge in [0.15, 0.2) is 0 Å². The Hall–Kier alpha value is -3.17. The topological polar surface area (TPSA) is 78.5 Å². The van der Waals surface area contributed by atoms with Gasteiger partial charge < -0.3 is 15.5 Å². The van der Waals surface area contributed by atoms with Crippen LogP contribution in [0.3, 0.4) is 0 Å². The highest BCUT2D eigenvalue weighted by Gasteiger charge is 2.18. The van der Waals surface area contributed by atoms with Crippen LogP contribution in [-0.4, -0.2) is 36.0 Å². The number of nitrogens with one attached hydrogen (secondary N) is 2. The molecule has 1 heterocycles. The molecule has 2 aromatic carbocycles. The van der Waals surface area contributed by atoms with Crippen LogP contribution in [0.5, 0.6) is 0 Å². The maximum atomic E-state index is 13.3. The lowest BCUT2D eigenvalue weighted by Crippen LogP contribution is -2.17. The zero-order valence-corrected chi connectivity index (χ0v) is 18.7. The maximum absolute atomic E-state index is 13.3. The van der Waals surface area contributed by atoms with E-state index in [1.807, 2.05) is 0 Å². The number of thiophene rings is 1. The van der Waals surface area contributed by atoms with Gasteiger partial charge in [0.2, 0.25) is 0 Å². The van der Waals surface area contributed by atoms with E-state index in [0.717, 1.165) is 29.2 Å². The first-order valence-electron chi connectivity index (χ1n) is 9.21. The molecule has 3 aromatic rings. The molecule has 1 aromatic heterocycles. The molecular formula is C22H20FN3O3S2. The Kier molecular flexibility index (Phi) is 7.09. The number of rotatable bonds is 5. The average molecular weight is 458 g/mol. The van der Waals surface area contributed by atoms with E-state index in [2.05, 4.69) is 10.6 Å². The number of amides is 3. The number of carbonyl (C=O) groups excluding carboxylic acids is 3. The first kappa shape index (κ1) is 22.5. The molecule has 3 amide bonds. The van der Waals surface area contributed by atoms with E-state index in [1.54, 1.807) is 51.4 Å². The normalized spacial score (nSPS) is 10.5. The van der Waals surface area contributed by atoms with Gasteiger partial charge in [-0.2, -0.15) is 0 Å². The SMILES string of the molecule is Cc1cc(NC(=O)c2cccc(F)c2)sc1C(=O)Nc1ccccc1SC(=O)N(C)C. The van der Waals surface area contributed by atoms with Crippen LogP contribution in [0.4, 0.5) is 19.9 Å². The summed E-state index contributed by atoms with van der Waals surface area (Å²) in [6.45, 7) is 1.76. The highest BCUT2D eigenvalue weighted by Crippen LogP contribution is 2.31. The molecule has 0 aliphatic rings. The minimum absolute atomic E-state index is 0.156. The van der Waals surface area contributed by atoms with Crippen LogP contribution in [0, 0.1) is 12.7 Å². The monoisotopic (exact) mass is 457 g/mol. The Morgan fingerprint density at radius 3 is 2.42 bits per heavy atom. The number of nitrogens with zero attached hydrogens (tertiary/aromatic N) is 1. The summed E-state index contributed by atoms with van der Waals surface area (Å²) in [5.74, 6) is -1.31. The van der Waals surface area contributed by atoms with Crippen molar-refractivity contribution in [1.82, 2.24) is 4.90 Å². The number of carbonyl (C=O) groups is 3. The molecule has 160 valence electrons. The van der Waals surface area contributed by atoms with Crippen LogP contribution < -0.4 is 10.6 Å². The van der Waals surface area contributed by atoms with E-state index in [-0.39, 0.29) is 16.7 Å². The first-order valence-corrected chi connectivity index (χ1v) is 10.8. The van der Waals surface area contributed by atoms with Crippen LogP contribution in [0.1, 0.15) is 25.6 Å². The highest BCUT2D eigenvalue weighted by molar-refractivity contribution is 8.13. The molecule has 0 fully saturated rings. The summed E-state index contributed by atoms with van der Waals surface area (Å²) in [4.78, 5) is 39.7. The predicted molar refractivity (Wildman–Crippen MR) is 123 cm³/mol. The molecule has 0 radical (unpaired) electrons. The molecule has 3 rings (SSSR count). The Morgan fingerprint density at radius 1 is 0.968 bits per heavy atom. The standard InChI is InChI=1S/C22H20FN3O3S2/c1-13-11-18(25-20(27)14-7-6-8-15(23)12-14)31-19(13)21(28)24-16-9-4-5-10-17(16)30-22(29)26(2)3/h4-12H,1-3H3,(H,24,28)(H,25,27). The van der Waals surface area contributed by atoms with Crippen molar-refractivity contribution in [2.24, 2.45) is 0 Å². The fourth-order valence-electron chi connectivity index (χ4n) is 2.61. The third-order valence-electron chi connectivity index (χ3n) is 4.15. The summed E-state index contributed by atoms with van der Waals surface area (Å²) < 4.78 is 13.3. The molecule has 0 saturated heterocycles. The smallest absolute Gasteiger partial charge is 0.286 e. The fourth-order valence-corrected chi connectivity index (χ4v) is 4.32. The molecule has 2 N–H and O–H groups in total. The molecule has 9 heteroatoms. The van der Waals surface area contributed by atoms with Crippen molar-refractivity contribution in [3.05, 3.63) is 76.4 Å². The first-order chi connectivity index (χ1) is 14.7. The molecule has 6 nitrogen and oxygen atoms in total. The van der Waals surface area contributed by atoms with Gasteiger partial charge in [-0.1, -0.05) is 18.2 Å². The summed E-state index contributed by atoms with van der Waals surface area (Å²) >= 11 is 2.14. The number of thioether (sulfide) groups is 1. The number of anilines is 2. The fraction of sp³-hybridized carbons (Fsp3) is 0.136. The number of hydrogen-bond acceptors (Lipinski definition) is 5. The van der Waals surface area contributed by atoms with Gasteiger partial charge in [0.1, 0.15) is 5.82 Å². The van der Waals surface area contributed by atoms with Crippen molar-refractivity contribution in [3.63, 3.8) is 0 Å². The van der Waals surface area contributed by atoms with Crippen LogP contribution in [0.15, 0.2) is 59.5 Å². The molecule has 0 aliphatic carbocycles. The zero-order chi connectivity index (χ0) is 22.5. The van der Waals surface area contributed by atoms with Gasteiger partial charge in [0.05, 0.1) is 15.6 Å². The Bertz CT molecular complexity index is 1140. The van der Waals surface area contributed by atoms with Crippen molar-refractivity contribution in [2.75, 3.05) is 24.7 Å².